The molecular weight excluding hydrogens is 246 g/mol. The molecular formula is C18H23NO. The SMILES string of the molecule is C[C@H](NC1=C2C[C@@H]3C[C@H]1C[C@](O)(C2)C3)c1ccccc1. The highest BCUT2D eigenvalue weighted by Crippen LogP contribution is 2.55. The Bertz CT molecular complexity index is 550. The summed E-state index contributed by atoms with van der Waals surface area (Å²) < 4.78 is 0. The lowest BCUT2D eigenvalue weighted by Crippen LogP contribution is -2.50. The van der Waals surface area contributed by atoms with Gasteiger partial charge in [-0.15, -0.1) is 0 Å². The zero-order chi connectivity index (χ0) is 13.7. The van der Waals surface area contributed by atoms with Crippen molar-refractivity contribution in [2.24, 2.45) is 11.8 Å². The number of hydrogen-bond donors (Lipinski definition) is 2. The smallest absolute Gasteiger partial charge is 0.0694 e. The molecule has 2 heteroatoms. The van der Waals surface area contributed by atoms with Crippen molar-refractivity contribution in [1.29, 1.82) is 0 Å². The highest BCUT2D eigenvalue weighted by atomic mass is 16.3. The van der Waals surface area contributed by atoms with E-state index in [-0.39, 0.29) is 5.60 Å². The molecule has 20 heavy (non-hydrogen) atoms. The number of aliphatic hydroxyl groups is 1. The first-order valence-electron chi connectivity index (χ1n) is 7.89. The van der Waals surface area contributed by atoms with Gasteiger partial charge in [0.25, 0.3) is 0 Å². The third kappa shape index (κ3) is 1.98. The Labute approximate surface area is 120 Å². The van der Waals surface area contributed by atoms with Gasteiger partial charge in [0.05, 0.1) is 5.60 Å². The van der Waals surface area contributed by atoms with Gasteiger partial charge in [-0.3, -0.25) is 0 Å². The summed E-state index contributed by atoms with van der Waals surface area (Å²) in [7, 11) is 0. The fraction of sp³-hybridized carbons (Fsp3) is 0.556. The van der Waals surface area contributed by atoms with Crippen LogP contribution in [0.5, 0.6) is 0 Å². The van der Waals surface area contributed by atoms with Crippen LogP contribution in [0.25, 0.3) is 0 Å². The topological polar surface area (TPSA) is 32.3 Å². The van der Waals surface area contributed by atoms with Gasteiger partial charge < -0.3 is 10.4 Å². The third-order valence-corrected chi connectivity index (χ3v) is 5.45. The molecule has 2 fully saturated rings. The van der Waals surface area contributed by atoms with Crippen LogP contribution in [0.15, 0.2) is 41.6 Å². The van der Waals surface area contributed by atoms with E-state index in [4.69, 9.17) is 0 Å². The maximum absolute atomic E-state index is 10.6. The first kappa shape index (κ1) is 12.5. The highest BCUT2D eigenvalue weighted by molar-refractivity contribution is 5.31. The first-order valence-corrected chi connectivity index (χ1v) is 7.89. The number of rotatable bonds is 3. The zero-order valence-corrected chi connectivity index (χ0v) is 12.1. The van der Waals surface area contributed by atoms with Crippen molar-refractivity contribution >= 4 is 0 Å². The lowest BCUT2D eigenvalue weighted by atomic mass is 9.57. The van der Waals surface area contributed by atoms with Crippen LogP contribution < -0.4 is 5.32 Å². The summed E-state index contributed by atoms with van der Waals surface area (Å²) in [5.74, 6) is 1.31. The summed E-state index contributed by atoms with van der Waals surface area (Å²) in [5.41, 5.74) is 3.94. The van der Waals surface area contributed by atoms with Crippen molar-refractivity contribution in [2.75, 3.05) is 0 Å². The first-order chi connectivity index (χ1) is 9.63. The fourth-order valence-electron chi connectivity index (χ4n) is 4.76. The van der Waals surface area contributed by atoms with Gasteiger partial charge in [0.2, 0.25) is 0 Å². The van der Waals surface area contributed by atoms with Gasteiger partial charge in [0, 0.05) is 17.7 Å². The Hall–Kier alpha value is -1.28. The molecule has 0 amide bonds. The van der Waals surface area contributed by atoms with Gasteiger partial charge in [-0.2, -0.15) is 0 Å². The molecule has 4 aliphatic rings. The predicted octanol–water partition coefficient (Wildman–Crippen LogP) is 3.55. The molecule has 2 N–H and O–H groups in total. The van der Waals surface area contributed by atoms with Crippen molar-refractivity contribution in [3.8, 4) is 0 Å². The van der Waals surface area contributed by atoms with Crippen LogP contribution in [0.2, 0.25) is 0 Å². The molecule has 106 valence electrons. The minimum absolute atomic E-state index is 0.353. The van der Waals surface area contributed by atoms with Crippen molar-refractivity contribution < 1.29 is 5.11 Å². The summed E-state index contributed by atoms with van der Waals surface area (Å²) >= 11 is 0. The lowest BCUT2D eigenvalue weighted by Gasteiger charge is -2.52. The second kappa shape index (κ2) is 4.36. The molecule has 0 saturated heterocycles. The second-order valence-electron chi connectivity index (χ2n) is 7.11. The molecule has 0 aromatic heterocycles. The molecule has 2 saturated carbocycles. The van der Waals surface area contributed by atoms with Crippen LogP contribution in [0.1, 0.15) is 50.6 Å². The molecule has 0 unspecified atom stereocenters. The van der Waals surface area contributed by atoms with E-state index >= 15 is 0 Å². The average molecular weight is 269 g/mol. The molecule has 4 atom stereocenters. The van der Waals surface area contributed by atoms with Crippen molar-refractivity contribution in [3.63, 3.8) is 0 Å². The minimum atomic E-state index is -0.373. The standard InChI is InChI=1S/C18H23NO/c1-12(14-5-3-2-4-6-14)19-17-15-7-13-8-16(17)11-18(20,9-13)10-15/h2-6,12-13,15,19-20H,7-11H2,1H3/t12-,13-,15-,18-/m0/s1. The van der Waals surface area contributed by atoms with Crippen LogP contribution in [0, 0.1) is 11.8 Å². The summed E-state index contributed by atoms with van der Waals surface area (Å²) in [5, 5.41) is 14.4. The summed E-state index contributed by atoms with van der Waals surface area (Å²) in [6, 6.07) is 11.0. The summed E-state index contributed by atoms with van der Waals surface area (Å²) in [6.07, 6.45) is 5.40. The van der Waals surface area contributed by atoms with Gasteiger partial charge in [-0.05, 0) is 56.1 Å². The Balaban J connectivity index is 1.59. The quantitative estimate of drug-likeness (QED) is 0.879. The fourth-order valence-corrected chi connectivity index (χ4v) is 4.76. The Morgan fingerprint density at radius 3 is 2.75 bits per heavy atom. The molecule has 2 nitrogen and oxygen atoms in total. The molecule has 0 aliphatic heterocycles. The van der Waals surface area contributed by atoms with Gasteiger partial charge in [-0.1, -0.05) is 30.3 Å². The summed E-state index contributed by atoms with van der Waals surface area (Å²) in [4.78, 5) is 0. The molecule has 4 aliphatic carbocycles. The Morgan fingerprint density at radius 1 is 1.25 bits per heavy atom. The van der Waals surface area contributed by atoms with E-state index in [1.165, 1.54) is 29.7 Å². The van der Waals surface area contributed by atoms with E-state index in [0.717, 1.165) is 25.2 Å². The van der Waals surface area contributed by atoms with E-state index in [0.29, 0.717) is 12.0 Å². The van der Waals surface area contributed by atoms with Crippen molar-refractivity contribution in [3.05, 3.63) is 47.2 Å². The van der Waals surface area contributed by atoms with Crippen molar-refractivity contribution in [1.82, 2.24) is 5.32 Å². The summed E-state index contributed by atoms with van der Waals surface area (Å²) in [6.45, 7) is 2.24. The van der Waals surface area contributed by atoms with Gasteiger partial charge in [0.15, 0.2) is 0 Å². The molecule has 5 rings (SSSR count). The number of benzene rings is 1. The van der Waals surface area contributed by atoms with E-state index in [2.05, 4.69) is 42.6 Å². The highest BCUT2D eigenvalue weighted by Gasteiger charge is 2.49. The lowest BCUT2D eigenvalue weighted by molar-refractivity contribution is -0.0587. The number of nitrogens with one attached hydrogen (secondary N) is 1. The van der Waals surface area contributed by atoms with Gasteiger partial charge in [-0.25, -0.2) is 0 Å². The van der Waals surface area contributed by atoms with Gasteiger partial charge >= 0.3 is 0 Å². The molecule has 1 aromatic rings. The average Bonchev–Trinajstić information content (AvgIpc) is 2.42. The normalized spacial score (nSPS) is 36.3. The Morgan fingerprint density at radius 2 is 2.05 bits per heavy atom. The van der Waals surface area contributed by atoms with Crippen molar-refractivity contribution in [2.45, 2.75) is 50.7 Å². The largest absolute Gasteiger partial charge is 0.390 e. The van der Waals surface area contributed by atoms with E-state index in [1.54, 1.807) is 0 Å². The maximum Gasteiger partial charge on any atom is 0.0694 e. The molecule has 0 radical (unpaired) electrons. The van der Waals surface area contributed by atoms with Crippen LogP contribution in [0.3, 0.4) is 0 Å². The van der Waals surface area contributed by atoms with Crippen LogP contribution in [0.4, 0.5) is 0 Å². The monoisotopic (exact) mass is 269 g/mol. The van der Waals surface area contributed by atoms with Crippen LogP contribution in [-0.4, -0.2) is 10.7 Å². The minimum Gasteiger partial charge on any atom is -0.390 e. The maximum atomic E-state index is 10.6. The molecule has 0 heterocycles. The predicted molar refractivity (Wildman–Crippen MR) is 80.0 cm³/mol. The zero-order valence-electron chi connectivity index (χ0n) is 12.1. The van der Waals surface area contributed by atoms with E-state index in [9.17, 15) is 5.11 Å². The van der Waals surface area contributed by atoms with Crippen LogP contribution >= 0.6 is 0 Å². The second-order valence-corrected chi connectivity index (χ2v) is 7.11. The number of hydrogen-bond acceptors (Lipinski definition) is 2. The van der Waals surface area contributed by atoms with Gasteiger partial charge in [0.1, 0.15) is 0 Å². The van der Waals surface area contributed by atoms with E-state index in [1.807, 2.05) is 0 Å². The van der Waals surface area contributed by atoms with Crippen LogP contribution in [-0.2, 0) is 0 Å². The third-order valence-electron chi connectivity index (χ3n) is 5.45. The molecule has 0 spiro atoms. The molecule has 4 bridgehead atoms. The number of allylic oxidation sites excluding steroid dienone is 1. The molecule has 1 aromatic carbocycles. The van der Waals surface area contributed by atoms with E-state index < -0.39 is 0 Å². The Kier molecular flexibility index (Phi) is 2.71.